The molecule has 17 heavy (non-hydrogen) atoms. The maximum absolute atomic E-state index is 11.5. The highest BCUT2D eigenvalue weighted by atomic mass is 16.4. The fourth-order valence-corrected chi connectivity index (χ4v) is 1.30. The third-order valence-electron chi connectivity index (χ3n) is 2.15. The van der Waals surface area contributed by atoms with Gasteiger partial charge in [-0.25, -0.2) is 9.78 Å². The Morgan fingerprint density at radius 2 is 2.47 bits per heavy atom. The van der Waals surface area contributed by atoms with Gasteiger partial charge in [0.25, 0.3) is 0 Å². The lowest BCUT2D eigenvalue weighted by Gasteiger charge is -2.13. The molecule has 0 aliphatic carbocycles. The van der Waals surface area contributed by atoms with Crippen LogP contribution in [0.25, 0.3) is 0 Å². The minimum atomic E-state index is -1.12. The predicted octanol–water partition coefficient (Wildman–Crippen LogP) is -0.739. The van der Waals surface area contributed by atoms with E-state index in [1.54, 1.807) is 0 Å². The predicted molar refractivity (Wildman–Crippen MR) is 60.1 cm³/mol. The third kappa shape index (κ3) is 4.64. The third-order valence-corrected chi connectivity index (χ3v) is 2.15. The van der Waals surface area contributed by atoms with Crippen LogP contribution in [0.1, 0.15) is 19.9 Å². The number of aliphatic carboxylic acids is 1. The van der Waals surface area contributed by atoms with Gasteiger partial charge in [0.15, 0.2) is 0 Å². The molecule has 0 bridgehead atoms. The summed E-state index contributed by atoms with van der Waals surface area (Å²) in [5, 5.41) is 11.4. The van der Waals surface area contributed by atoms with Crippen LogP contribution in [0.2, 0.25) is 0 Å². The number of aromatic amines is 1. The molecule has 2 atom stereocenters. The maximum atomic E-state index is 11.5. The van der Waals surface area contributed by atoms with Gasteiger partial charge in [0.1, 0.15) is 6.04 Å². The van der Waals surface area contributed by atoms with Gasteiger partial charge in [-0.1, -0.05) is 0 Å². The van der Waals surface area contributed by atoms with E-state index in [1.807, 2.05) is 0 Å². The quantitative estimate of drug-likeness (QED) is 0.501. The van der Waals surface area contributed by atoms with E-state index >= 15 is 0 Å². The number of nitrogens with zero attached hydrogens (tertiary/aromatic N) is 1. The highest BCUT2D eigenvalue weighted by Gasteiger charge is 2.20. The Morgan fingerprint density at radius 1 is 1.71 bits per heavy atom. The molecule has 0 spiro atoms. The summed E-state index contributed by atoms with van der Waals surface area (Å²) in [6.07, 6.45) is 3.31. The first-order valence-electron chi connectivity index (χ1n) is 5.74. The van der Waals surface area contributed by atoms with Crippen LogP contribution in [-0.4, -0.2) is 39.5 Å². The summed E-state index contributed by atoms with van der Waals surface area (Å²) >= 11 is 0. The molecule has 7 heteroatoms. The summed E-state index contributed by atoms with van der Waals surface area (Å²) in [5.41, 5.74) is 5.82. The van der Waals surface area contributed by atoms with E-state index in [-0.39, 0.29) is 19.3 Å². The number of imidazole rings is 1. The molecule has 1 aromatic heterocycles. The molecule has 7 nitrogen and oxygen atoms in total. The molecule has 94 valence electrons. The Balaban J connectivity index is 2.48. The molecule has 0 saturated heterocycles. The Hall–Kier alpha value is -1.89. The minimum absolute atomic E-state index is 0.0391. The van der Waals surface area contributed by atoms with Crippen molar-refractivity contribution in [3.63, 3.8) is 0 Å². The van der Waals surface area contributed by atoms with E-state index < -0.39 is 24.4 Å². The average Bonchev–Trinajstić information content (AvgIpc) is 2.78. The van der Waals surface area contributed by atoms with Gasteiger partial charge in [0.05, 0.1) is 6.33 Å². The number of rotatable bonds is 7. The Kier molecular flexibility index (Phi) is 4.53. The zero-order chi connectivity index (χ0) is 13.5. The average molecular weight is 241 g/mol. The molecular formula is C10H16N4O3. The number of nitrogens with one attached hydrogen (secondary N) is 2. The number of carbonyl (C=O) groups is 2. The van der Waals surface area contributed by atoms with Gasteiger partial charge < -0.3 is 21.1 Å². The summed E-state index contributed by atoms with van der Waals surface area (Å²) in [6, 6.07) is -1.01. The van der Waals surface area contributed by atoms with Gasteiger partial charge >= 0.3 is 5.97 Å². The Bertz CT molecular complexity index is 394. The number of carboxylic acids is 1. The molecule has 0 aliphatic heterocycles. The van der Waals surface area contributed by atoms with E-state index in [2.05, 4.69) is 15.3 Å². The fourth-order valence-electron chi connectivity index (χ4n) is 1.30. The van der Waals surface area contributed by atoms with Crippen molar-refractivity contribution < 1.29 is 16.1 Å². The monoisotopic (exact) mass is 241 g/mol. The van der Waals surface area contributed by atoms with Crippen LogP contribution in [0.5, 0.6) is 0 Å². The van der Waals surface area contributed by atoms with Crippen LogP contribution >= 0.6 is 0 Å². The van der Waals surface area contributed by atoms with Gasteiger partial charge in [0, 0.05) is 26.1 Å². The molecule has 1 unspecified atom stereocenters. The molecule has 0 aliphatic rings. The van der Waals surface area contributed by atoms with Crippen molar-refractivity contribution >= 4 is 11.9 Å². The van der Waals surface area contributed by atoms with Crippen LogP contribution in [0.4, 0.5) is 0 Å². The lowest BCUT2D eigenvalue weighted by Crippen LogP contribution is -2.42. The molecule has 1 heterocycles. The van der Waals surface area contributed by atoms with Crippen molar-refractivity contribution in [2.75, 3.05) is 6.52 Å². The fraction of sp³-hybridized carbons (Fsp3) is 0.500. The number of amides is 1. The van der Waals surface area contributed by atoms with Crippen LogP contribution in [0.15, 0.2) is 12.5 Å². The topological polar surface area (TPSA) is 121 Å². The van der Waals surface area contributed by atoms with E-state index in [0.29, 0.717) is 5.69 Å². The summed E-state index contributed by atoms with van der Waals surface area (Å²) in [4.78, 5) is 29.0. The van der Waals surface area contributed by atoms with Crippen molar-refractivity contribution in [3.8, 4) is 0 Å². The molecule has 0 fully saturated rings. The largest absolute Gasteiger partial charge is 0.480 e. The van der Waals surface area contributed by atoms with E-state index in [4.69, 9.17) is 12.2 Å². The number of H-pyrrole nitrogens is 1. The first-order chi connectivity index (χ1) is 8.49. The van der Waals surface area contributed by atoms with Crippen LogP contribution in [0.3, 0.4) is 0 Å². The molecule has 0 radical (unpaired) electrons. The highest BCUT2D eigenvalue weighted by Crippen LogP contribution is 1.99. The molecule has 1 aromatic rings. The molecule has 1 amide bonds. The molecule has 1 rings (SSSR count). The number of nitrogens with two attached hydrogens (primary N) is 1. The van der Waals surface area contributed by atoms with Gasteiger partial charge in [-0.2, -0.15) is 0 Å². The van der Waals surface area contributed by atoms with E-state index in [1.165, 1.54) is 12.5 Å². The van der Waals surface area contributed by atoms with Gasteiger partial charge in [-0.05, 0) is 12.9 Å². The van der Waals surface area contributed by atoms with Crippen molar-refractivity contribution in [3.05, 3.63) is 18.2 Å². The minimum Gasteiger partial charge on any atom is -0.480 e. The summed E-state index contributed by atoms with van der Waals surface area (Å²) in [7, 11) is 0. The molecule has 0 aromatic carbocycles. The Morgan fingerprint density at radius 3 is 3.00 bits per heavy atom. The van der Waals surface area contributed by atoms with Crippen molar-refractivity contribution in [1.29, 1.82) is 0 Å². The zero-order valence-corrected chi connectivity index (χ0v) is 9.22. The smallest absolute Gasteiger partial charge is 0.326 e. The zero-order valence-electron chi connectivity index (χ0n) is 10.2. The number of hydrogen-bond donors (Lipinski definition) is 4. The molecule has 0 saturated carbocycles. The summed E-state index contributed by atoms with van der Waals surface area (Å²) in [6.45, 7) is -0.827. The second-order valence-corrected chi connectivity index (χ2v) is 3.51. The van der Waals surface area contributed by atoms with Crippen LogP contribution in [0, 0.1) is 0 Å². The SMILES string of the molecule is [2H]C(N)CCC(=O)N[C@@H](Cc1cnc[nH]1)C(=O)O. The summed E-state index contributed by atoms with van der Waals surface area (Å²) in [5.74, 6) is -1.54. The number of carbonyl (C=O) groups excluding carboxylic acids is 1. The first kappa shape index (κ1) is 11.6. The number of carboxylic acid groups (broad SMARTS) is 1. The van der Waals surface area contributed by atoms with E-state index in [0.717, 1.165) is 0 Å². The lowest BCUT2D eigenvalue weighted by atomic mass is 10.1. The maximum Gasteiger partial charge on any atom is 0.326 e. The standard InChI is InChI=1S/C10H16N4O3/c11-3-1-2-9(15)14-8(10(16)17)4-7-5-12-6-13-7/h5-6,8H,1-4,11H2,(H,12,13)(H,14,15)(H,16,17)/t8-/m0/s1/i3D/t3?,8-. The Labute approximate surface area is 99.8 Å². The van der Waals surface area contributed by atoms with Crippen molar-refractivity contribution in [1.82, 2.24) is 15.3 Å². The van der Waals surface area contributed by atoms with E-state index in [9.17, 15) is 9.59 Å². The first-order valence-corrected chi connectivity index (χ1v) is 5.16. The number of aromatic nitrogens is 2. The number of hydrogen-bond acceptors (Lipinski definition) is 4. The van der Waals surface area contributed by atoms with Crippen molar-refractivity contribution in [2.24, 2.45) is 5.73 Å². The second-order valence-electron chi connectivity index (χ2n) is 3.51. The summed E-state index contributed by atoms with van der Waals surface area (Å²) < 4.78 is 7.06. The van der Waals surface area contributed by atoms with Crippen LogP contribution in [-0.2, 0) is 16.0 Å². The molecule has 5 N–H and O–H groups in total. The van der Waals surface area contributed by atoms with Gasteiger partial charge in [-0.3, -0.25) is 4.79 Å². The van der Waals surface area contributed by atoms with Crippen LogP contribution < -0.4 is 11.1 Å². The van der Waals surface area contributed by atoms with Gasteiger partial charge in [0.2, 0.25) is 5.91 Å². The van der Waals surface area contributed by atoms with Gasteiger partial charge in [-0.15, -0.1) is 0 Å². The lowest BCUT2D eigenvalue weighted by molar-refractivity contribution is -0.141. The second kappa shape index (κ2) is 6.64. The normalized spacial score (nSPS) is 14.8. The highest BCUT2D eigenvalue weighted by molar-refractivity contribution is 5.83. The van der Waals surface area contributed by atoms with Crippen molar-refractivity contribution in [2.45, 2.75) is 25.3 Å². The molecular weight excluding hydrogens is 224 g/mol.